The number of nitrogens with zero attached hydrogens (tertiary/aromatic N) is 2. The van der Waals surface area contributed by atoms with Crippen molar-refractivity contribution in [1.82, 2.24) is 9.84 Å². The molecule has 0 bridgehead atoms. The van der Waals surface area contributed by atoms with Crippen molar-refractivity contribution in [3.8, 4) is 6.07 Å². The number of sulfonamides is 1. The van der Waals surface area contributed by atoms with Crippen LogP contribution < -0.4 is 4.83 Å². The van der Waals surface area contributed by atoms with Crippen LogP contribution in [0.5, 0.6) is 0 Å². The molecule has 102 valence electrons. The minimum Gasteiger partial charge on any atom is -0.379 e. The van der Waals surface area contributed by atoms with E-state index in [0.717, 1.165) is 0 Å². The van der Waals surface area contributed by atoms with Gasteiger partial charge in [-0.2, -0.15) is 5.26 Å². The number of ether oxygens (including phenoxy) is 1. The maximum Gasteiger partial charge on any atom is 0.254 e. The Balaban J connectivity index is 2.26. The molecule has 6 nitrogen and oxygen atoms in total. The van der Waals surface area contributed by atoms with E-state index in [1.165, 1.54) is 18.2 Å². The summed E-state index contributed by atoms with van der Waals surface area (Å²) in [5.74, 6) is 0. The first kappa shape index (κ1) is 14.2. The third kappa shape index (κ3) is 3.43. The number of hydrogen-bond acceptors (Lipinski definition) is 5. The van der Waals surface area contributed by atoms with Gasteiger partial charge in [0.25, 0.3) is 10.0 Å². The minimum atomic E-state index is -3.79. The van der Waals surface area contributed by atoms with Crippen molar-refractivity contribution < 1.29 is 13.2 Å². The summed E-state index contributed by atoms with van der Waals surface area (Å²) in [4.78, 5) is 2.34. The van der Waals surface area contributed by atoms with Gasteiger partial charge in [0.1, 0.15) is 4.90 Å². The van der Waals surface area contributed by atoms with Gasteiger partial charge in [0, 0.05) is 13.1 Å². The van der Waals surface area contributed by atoms with Crippen LogP contribution in [0.25, 0.3) is 0 Å². The van der Waals surface area contributed by atoms with Crippen LogP contribution in [0.3, 0.4) is 0 Å². The molecule has 1 N–H and O–H groups in total. The van der Waals surface area contributed by atoms with Crippen molar-refractivity contribution in [1.29, 1.82) is 5.26 Å². The molecule has 0 atom stereocenters. The van der Waals surface area contributed by atoms with Gasteiger partial charge in [-0.3, -0.25) is 0 Å². The van der Waals surface area contributed by atoms with Crippen molar-refractivity contribution in [3.05, 3.63) is 28.8 Å². The predicted octanol–water partition coefficient (Wildman–Crippen LogP) is 0.737. The number of morpholine rings is 1. The van der Waals surface area contributed by atoms with Crippen molar-refractivity contribution in [2.45, 2.75) is 4.90 Å². The highest BCUT2D eigenvalue weighted by molar-refractivity contribution is 7.89. The third-order valence-corrected chi connectivity index (χ3v) is 4.47. The number of rotatable bonds is 3. The fraction of sp³-hybridized carbons (Fsp3) is 0.364. The van der Waals surface area contributed by atoms with Crippen LogP contribution in [0.2, 0.25) is 5.02 Å². The zero-order valence-electron chi connectivity index (χ0n) is 9.97. The molecular formula is C11H12ClN3O3S. The highest BCUT2D eigenvalue weighted by atomic mass is 35.5. The number of nitrogens with one attached hydrogen (secondary N) is 1. The normalized spacial score (nSPS) is 17.1. The monoisotopic (exact) mass is 301 g/mol. The first-order valence-electron chi connectivity index (χ1n) is 5.58. The van der Waals surface area contributed by atoms with E-state index in [-0.39, 0.29) is 15.5 Å². The van der Waals surface area contributed by atoms with E-state index in [9.17, 15) is 8.42 Å². The van der Waals surface area contributed by atoms with Gasteiger partial charge in [-0.05, 0) is 18.2 Å². The fourth-order valence-electron chi connectivity index (χ4n) is 1.65. The fourth-order valence-corrected chi connectivity index (χ4v) is 3.30. The maximum atomic E-state index is 12.2. The maximum absolute atomic E-state index is 12.2. The highest BCUT2D eigenvalue weighted by Gasteiger charge is 2.22. The Labute approximate surface area is 116 Å². The molecule has 1 aliphatic heterocycles. The summed E-state index contributed by atoms with van der Waals surface area (Å²) in [5.41, 5.74) is 0.242. The second kappa shape index (κ2) is 5.86. The van der Waals surface area contributed by atoms with Crippen LogP contribution in [0.15, 0.2) is 23.1 Å². The average molecular weight is 302 g/mol. The minimum absolute atomic E-state index is 0.0831. The zero-order valence-corrected chi connectivity index (χ0v) is 11.5. The molecule has 1 heterocycles. The SMILES string of the molecule is N#Cc1ccc(Cl)c(S(=O)(=O)NN2CCOCC2)c1. The van der Waals surface area contributed by atoms with Gasteiger partial charge in [-0.15, -0.1) is 4.83 Å². The number of hydrogen-bond donors (Lipinski definition) is 1. The molecule has 0 saturated carbocycles. The van der Waals surface area contributed by atoms with Crippen LogP contribution in [0, 0.1) is 11.3 Å². The summed E-state index contributed by atoms with van der Waals surface area (Å²) in [6, 6.07) is 6.01. The second-order valence-corrected chi connectivity index (χ2v) is 5.99. The summed E-state index contributed by atoms with van der Waals surface area (Å²) in [6.45, 7) is 1.87. The van der Waals surface area contributed by atoms with Gasteiger partial charge in [0.05, 0.1) is 29.9 Å². The van der Waals surface area contributed by atoms with Crippen molar-refractivity contribution in [3.63, 3.8) is 0 Å². The Bertz CT molecular complexity index is 606. The van der Waals surface area contributed by atoms with E-state index in [1.54, 1.807) is 5.01 Å². The van der Waals surface area contributed by atoms with Gasteiger partial charge in [-0.1, -0.05) is 11.6 Å². The van der Waals surface area contributed by atoms with Crippen LogP contribution in [-0.4, -0.2) is 39.7 Å². The summed E-state index contributed by atoms with van der Waals surface area (Å²) >= 11 is 5.88. The molecule has 0 spiro atoms. The van der Waals surface area contributed by atoms with Gasteiger partial charge >= 0.3 is 0 Å². The molecule has 1 saturated heterocycles. The van der Waals surface area contributed by atoms with Crippen LogP contribution >= 0.6 is 11.6 Å². The lowest BCUT2D eigenvalue weighted by molar-refractivity contribution is 0.0272. The lowest BCUT2D eigenvalue weighted by atomic mass is 10.2. The van der Waals surface area contributed by atoms with Gasteiger partial charge in [-0.25, -0.2) is 13.4 Å². The van der Waals surface area contributed by atoms with Gasteiger partial charge in [0.2, 0.25) is 0 Å². The van der Waals surface area contributed by atoms with Gasteiger partial charge in [0.15, 0.2) is 0 Å². The summed E-state index contributed by atoms with van der Waals surface area (Å²) in [5, 5.41) is 10.4. The Hall–Kier alpha value is -1.17. The molecule has 1 aliphatic rings. The summed E-state index contributed by atoms with van der Waals surface area (Å²) in [7, 11) is -3.79. The lowest BCUT2D eigenvalue weighted by Crippen LogP contribution is -2.48. The topological polar surface area (TPSA) is 82.4 Å². The molecule has 1 aromatic rings. The molecule has 1 fully saturated rings. The first-order chi connectivity index (χ1) is 9.03. The molecule has 0 aromatic heterocycles. The Morgan fingerprint density at radius 2 is 2.05 bits per heavy atom. The number of benzene rings is 1. The smallest absolute Gasteiger partial charge is 0.254 e. The Kier molecular flexibility index (Phi) is 4.39. The molecule has 19 heavy (non-hydrogen) atoms. The molecule has 8 heteroatoms. The Morgan fingerprint density at radius 1 is 1.37 bits per heavy atom. The summed E-state index contributed by atoms with van der Waals surface area (Å²) in [6.07, 6.45) is 0. The summed E-state index contributed by atoms with van der Waals surface area (Å²) < 4.78 is 29.5. The largest absolute Gasteiger partial charge is 0.379 e. The molecule has 0 unspecified atom stereocenters. The molecular weight excluding hydrogens is 290 g/mol. The lowest BCUT2D eigenvalue weighted by Gasteiger charge is -2.26. The predicted molar refractivity (Wildman–Crippen MR) is 68.9 cm³/mol. The quantitative estimate of drug-likeness (QED) is 0.890. The van der Waals surface area contributed by atoms with Crippen molar-refractivity contribution in [2.24, 2.45) is 0 Å². The molecule has 2 rings (SSSR count). The molecule has 1 aromatic carbocycles. The van der Waals surface area contributed by atoms with Crippen LogP contribution in [0.1, 0.15) is 5.56 Å². The van der Waals surface area contributed by atoms with Crippen LogP contribution in [0.4, 0.5) is 0 Å². The average Bonchev–Trinajstić information content (AvgIpc) is 2.39. The zero-order chi connectivity index (χ0) is 13.9. The van der Waals surface area contributed by atoms with E-state index in [0.29, 0.717) is 26.3 Å². The standard InChI is InChI=1S/C11H12ClN3O3S/c12-10-2-1-9(8-13)7-11(10)19(16,17)14-15-3-5-18-6-4-15/h1-2,7,14H,3-6H2. The van der Waals surface area contributed by atoms with Gasteiger partial charge < -0.3 is 4.74 Å². The first-order valence-corrected chi connectivity index (χ1v) is 7.44. The van der Waals surface area contributed by atoms with Crippen molar-refractivity contribution in [2.75, 3.05) is 26.3 Å². The third-order valence-electron chi connectivity index (χ3n) is 2.61. The van der Waals surface area contributed by atoms with Crippen LogP contribution in [-0.2, 0) is 14.8 Å². The number of halogens is 1. The molecule has 0 radical (unpaired) electrons. The second-order valence-electron chi connectivity index (χ2n) is 3.95. The van der Waals surface area contributed by atoms with Crippen molar-refractivity contribution >= 4 is 21.6 Å². The van der Waals surface area contributed by atoms with E-state index < -0.39 is 10.0 Å². The van der Waals surface area contributed by atoms with E-state index in [4.69, 9.17) is 21.6 Å². The molecule has 0 amide bonds. The number of nitriles is 1. The van der Waals surface area contributed by atoms with E-state index >= 15 is 0 Å². The van der Waals surface area contributed by atoms with E-state index in [1.807, 2.05) is 6.07 Å². The number of hydrazine groups is 1. The Morgan fingerprint density at radius 3 is 2.68 bits per heavy atom. The highest BCUT2D eigenvalue weighted by Crippen LogP contribution is 2.22. The molecule has 0 aliphatic carbocycles. The van der Waals surface area contributed by atoms with E-state index in [2.05, 4.69) is 4.83 Å².